The number of rotatable bonds is 7. The van der Waals surface area contributed by atoms with Crippen LogP contribution in [0.15, 0.2) is 97.1 Å². The molecule has 0 saturated heterocycles. The molecule has 0 aliphatic carbocycles. The van der Waals surface area contributed by atoms with Crippen molar-refractivity contribution < 1.29 is 21.1 Å². The zero-order valence-corrected chi connectivity index (χ0v) is 25.6. The van der Waals surface area contributed by atoms with E-state index in [0.717, 1.165) is 33.6 Å². The second-order valence-electron chi connectivity index (χ2n) is 9.89. The average molecular weight is 740 g/mol. The van der Waals surface area contributed by atoms with E-state index in [1.165, 1.54) is 9.36 Å². The van der Waals surface area contributed by atoms with E-state index in [1.807, 2.05) is 84.9 Å². The fraction of sp³-hybridized carbons (Fsp3) is 0.118. The molecular formula is C34H24N8Pt. The van der Waals surface area contributed by atoms with E-state index in [1.54, 1.807) is 12.1 Å². The smallest absolute Gasteiger partial charge is 0.342 e. The van der Waals surface area contributed by atoms with Crippen molar-refractivity contribution in [3.05, 3.63) is 138 Å². The first kappa shape index (κ1) is 29.3. The van der Waals surface area contributed by atoms with Crippen molar-refractivity contribution in [3.63, 3.8) is 0 Å². The minimum absolute atomic E-state index is 0. The standard InChI is InChI=1S/C34H24N8.Pt/c1-4-34(2,29-17-15-27(24-11-7-5-8-12-24)32(37-29)41-21-19-26(23-35)39-41)30-18-16-28(25-13-9-6-10-14-25)33(38-30)42-22-20-31(36-3)40-42;/h5-20H,4H2,1-2H3;/q-2;+2. The van der Waals surface area contributed by atoms with Gasteiger partial charge in [-0.15, -0.1) is 6.07 Å². The summed E-state index contributed by atoms with van der Waals surface area (Å²) >= 11 is 0. The van der Waals surface area contributed by atoms with Gasteiger partial charge in [-0.05, 0) is 65.1 Å². The fourth-order valence-electron chi connectivity index (χ4n) is 4.91. The molecule has 0 aliphatic rings. The maximum absolute atomic E-state index is 9.40. The molecule has 0 aliphatic heterocycles. The molecule has 0 spiro atoms. The number of aromatic nitrogens is 6. The molecule has 6 rings (SSSR count). The Bertz CT molecular complexity index is 1820. The summed E-state index contributed by atoms with van der Waals surface area (Å²) in [5.41, 5.74) is 4.94. The van der Waals surface area contributed by atoms with Crippen LogP contribution in [0.5, 0.6) is 0 Å². The minimum Gasteiger partial charge on any atom is -0.342 e. The molecule has 8 nitrogen and oxygen atoms in total. The van der Waals surface area contributed by atoms with Gasteiger partial charge < -0.3 is 9.53 Å². The number of benzene rings is 2. The Hall–Kier alpha value is -5.17. The monoisotopic (exact) mass is 739 g/mol. The first-order valence-corrected chi connectivity index (χ1v) is 13.4. The summed E-state index contributed by atoms with van der Waals surface area (Å²) in [6.07, 6.45) is 6.80. The van der Waals surface area contributed by atoms with Gasteiger partial charge in [0.2, 0.25) is 0 Å². The van der Waals surface area contributed by atoms with Gasteiger partial charge in [-0.25, -0.2) is 15.0 Å². The van der Waals surface area contributed by atoms with Crippen molar-refractivity contribution >= 4 is 5.82 Å². The van der Waals surface area contributed by atoms with E-state index in [0.29, 0.717) is 18.1 Å². The third kappa shape index (κ3) is 5.54. The first-order chi connectivity index (χ1) is 20.5. The van der Waals surface area contributed by atoms with Crippen LogP contribution in [0.3, 0.4) is 0 Å². The molecule has 1 atom stereocenters. The van der Waals surface area contributed by atoms with Crippen molar-refractivity contribution in [3.8, 4) is 40.0 Å². The van der Waals surface area contributed by atoms with Gasteiger partial charge in [0, 0.05) is 16.8 Å². The topological polar surface area (TPSA) is 89.6 Å². The Labute approximate surface area is 264 Å². The molecule has 0 saturated carbocycles. The molecule has 43 heavy (non-hydrogen) atoms. The predicted molar refractivity (Wildman–Crippen MR) is 159 cm³/mol. The van der Waals surface area contributed by atoms with Crippen LogP contribution in [-0.2, 0) is 26.5 Å². The molecule has 6 aromatic rings. The van der Waals surface area contributed by atoms with Crippen molar-refractivity contribution in [1.82, 2.24) is 29.5 Å². The van der Waals surface area contributed by atoms with Crippen molar-refractivity contribution in [2.75, 3.05) is 0 Å². The summed E-state index contributed by atoms with van der Waals surface area (Å²) in [5, 5.41) is 18.2. The van der Waals surface area contributed by atoms with Gasteiger partial charge in [0.25, 0.3) is 0 Å². The summed E-state index contributed by atoms with van der Waals surface area (Å²) < 4.78 is 3.07. The number of hydrogen-bond donors (Lipinski definition) is 0. The molecule has 4 aromatic heterocycles. The number of nitrogens with zero attached hydrogens (tertiary/aromatic N) is 8. The predicted octanol–water partition coefficient (Wildman–Crippen LogP) is 6.92. The summed E-state index contributed by atoms with van der Waals surface area (Å²) in [6, 6.07) is 33.2. The molecule has 9 heteroatoms. The summed E-state index contributed by atoms with van der Waals surface area (Å²) in [4.78, 5) is 13.7. The van der Waals surface area contributed by atoms with E-state index in [-0.39, 0.29) is 32.6 Å². The van der Waals surface area contributed by atoms with Crippen LogP contribution in [0.4, 0.5) is 5.82 Å². The zero-order chi connectivity index (χ0) is 29.1. The number of nitriles is 1. The quantitative estimate of drug-likeness (QED) is 0.166. The van der Waals surface area contributed by atoms with Crippen LogP contribution in [0.2, 0.25) is 0 Å². The normalized spacial score (nSPS) is 12.0. The van der Waals surface area contributed by atoms with Gasteiger partial charge in [-0.2, -0.15) is 0 Å². The maximum Gasteiger partial charge on any atom is 2.00 e. The zero-order valence-electron chi connectivity index (χ0n) is 23.3. The Morgan fingerprint density at radius 2 is 1.30 bits per heavy atom. The second kappa shape index (κ2) is 12.4. The van der Waals surface area contributed by atoms with Crippen LogP contribution in [-0.4, -0.2) is 29.5 Å². The molecule has 0 N–H and O–H groups in total. The molecule has 4 heterocycles. The SMILES string of the molecule is [C-]#[N+]c1c[c-]n(-c2nc(C(C)(CC)c3ccc(-c4ccccc4)c(-n4[c-]cc(C#N)n4)n3)ccc2-c2ccccc2)n1.[Pt+2]. The Morgan fingerprint density at radius 3 is 1.74 bits per heavy atom. The molecule has 0 bridgehead atoms. The molecule has 1 unspecified atom stereocenters. The average Bonchev–Trinajstić information content (AvgIpc) is 3.75. The van der Waals surface area contributed by atoms with Crippen molar-refractivity contribution in [2.24, 2.45) is 0 Å². The van der Waals surface area contributed by atoms with E-state index >= 15 is 0 Å². The number of pyridine rings is 2. The van der Waals surface area contributed by atoms with Crippen LogP contribution in [0.25, 0.3) is 38.7 Å². The van der Waals surface area contributed by atoms with E-state index in [9.17, 15) is 5.26 Å². The molecule has 210 valence electrons. The fourth-order valence-corrected chi connectivity index (χ4v) is 4.91. The van der Waals surface area contributed by atoms with Gasteiger partial charge in [0.1, 0.15) is 0 Å². The molecular weight excluding hydrogens is 716 g/mol. The summed E-state index contributed by atoms with van der Waals surface area (Å²) in [5.74, 6) is 1.39. The van der Waals surface area contributed by atoms with Crippen molar-refractivity contribution in [2.45, 2.75) is 25.7 Å². The second-order valence-corrected chi connectivity index (χ2v) is 9.89. The first-order valence-electron chi connectivity index (χ1n) is 13.4. The molecule has 0 fully saturated rings. The largest absolute Gasteiger partial charge is 2.00 e. The van der Waals surface area contributed by atoms with Crippen molar-refractivity contribution in [1.29, 1.82) is 5.26 Å². The molecule has 0 radical (unpaired) electrons. The summed E-state index contributed by atoms with van der Waals surface area (Å²) in [7, 11) is 0. The van der Waals surface area contributed by atoms with Gasteiger partial charge in [0.15, 0.2) is 0 Å². The maximum atomic E-state index is 9.40. The third-order valence-corrected chi connectivity index (χ3v) is 7.44. The van der Waals surface area contributed by atoms with Gasteiger partial charge in [-0.3, -0.25) is 9.97 Å². The van der Waals surface area contributed by atoms with Crippen LogP contribution in [0.1, 0.15) is 37.4 Å². The van der Waals surface area contributed by atoms with Crippen LogP contribution in [0, 0.1) is 30.3 Å². The van der Waals surface area contributed by atoms with E-state index < -0.39 is 5.41 Å². The van der Waals surface area contributed by atoms with E-state index in [4.69, 9.17) is 16.5 Å². The van der Waals surface area contributed by atoms with Crippen LogP contribution < -0.4 is 0 Å². The molecule has 2 aromatic carbocycles. The molecule has 0 amide bonds. The third-order valence-electron chi connectivity index (χ3n) is 7.44. The van der Waals surface area contributed by atoms with Gasteiger partial charge in [-0.1, -0.05) is 92.5 Å². The Morgan fingerprint density at radius 1 is 0.791 bits per heavy atom. The Balaban J connectivity index is 0.00000368. The number of hydrogen-bond acceptors (Lipinski definition) is 5. The Kier molecular flexibility index (Phi) is 8.43. The van der Waals surface area contributed by atoms with Crippen LogP contribution >= 0.6 is 0 Å². The van der Waals surface area contributed by atoms with Gasteiger partial charge >= 0.3 is 26.9 Å². The minimum atomic E-state index is -0.602. The van der Waals surface area contributed by atoms with Gasteiger partial charge in [0.05, 0.1) is 23.4 Å². The summed E-state index contributed by atoms with van der Waals surface area (Å²) in [6.45, 7) is 11.6. The van der Waals surface area contributed by atoms with E-state index in [2.05, 4.69) is 47.4 Å².